The van der Waals surface area contributed by atoms with E-state index >= 15 is 0 Å². The van der Waals surface area contributed by atoms with E-state index in [1.165, 1.54) is 10.9 Å². The Morgan fingerprint density at radius 2 is 1.97 bits per heavy atom. The first-order valence-electron chi connectivity index (χ1n) is 9.77. The lowest BCUT2D eigenvalue weighted by Gasteiger charge is -2.14. The number of hydrogen-bond acceptors (Lipinski definition) is 5. The van der Waals surface area contributed by atoms with E-state index in [1.54, 1.807) is 7.11 Å². The molecule has 1 aromatic carbocycles. The Balaban J connectivity index is 1.70. The maximum Gasteiger partial charge on any atom is 0.229 e. The fraction of sp³-hybridized carbons (Fsp3) is 0.333. The molecule has 0 atom stereocenters. The maximum atomic E-state index is 5.36. The van der Waals surface area contributed by atoms with E-state index in [0.29, 0.717) is 36.7 Å². The second kappa shape index (κ2) is 10.7. The smallest absolute Gasteiger partial charge is 0.229 e. The van der Waals surface area contributed by atoms with Gasteiger partial charge in [-0.25, -0.2) is 9.97 Å². The number of nitrogens with zero attached hydrogens (tertiary/aromatic N) is 3. The number of anilines is 1. The molecule has 0 fully saturated rings. The molecular formula is C21H27N7OS. The minimum atomic E-state index is 0.453. The highest BCUT2D eigenvalue weighted by Crippen LogP contribution is 2.18. The molecule has 0 aliphatic carbocycles. The second-order valence-electron chi connectivity index (χ2n) is 6.81. The molecule has 9 heteroatoms. The zero-order valence-corrected chi connectivity index (χ0v) is 18.3. The predicted molar refractivity (Wildman–Crippen MR) is 125 cm³/mol. The van der Waals surface area contributed by atoms with Crippen molar-refractivity contribution in [2.45, 2.75) is 20.3 Å². The van der Waals surface area contributed by atoms with Gasteiger partial charge in [0.2, 0.25) is 11.9 Å². The van der Waals surface area contributed by atoms with E-state index < -0.39 is 0 Å². The monoisotopic (exact) mass is 425 g/mol. The number of hydrogen-bond donors (Lipinski definition) is 4. The molecule has 2 heterocycles. The summed E-state index contributed by atoms with van der Waals surface area (Å²) >= 11 is 5.36. The topological polar surface area (TPSA) is 99.2 Å². The number of aliphatic imine (C=N–C) groups is 1. The summed E-state index contributed by atoms with van der Waals surface area (Å²) in [5, 5.41) is 11.0. The maximum absolute atomic E-state index is 5.36. The lowest BCUT2D eigenvalue weighted by molar-refractivity contribution is 0.204. The summed E-state index contributed by atoms with van der Waals surface area (Å²) in [7, 11) is 1.65. The quantitative estimate of drug-likeness (QED) is 0.200. The molecule has 2 aromatic heterocycles. The summed E-state index contributed by atoms with van der Waals surface area (Å²) in [6.45, 7) is 5.59. The average Bonchev–Trinajstić information content (AvgIpc) is 3.10. The van der Waals surface area contributed by atoms with E-state index in [4.69, 9.17) is 17.0 Å². The van der Waals surface area contributed by atoms with Crippen molar-refractivity contribution in [3.63, 3.8) is 0 Å². The molecule has 3 aromatic rings. The van der Waals surface area contributed by atoms with Crippen LogP contribution in [0.25, 0.3) is 10.9 Å². The molecule has 8 nitrogen and oxygen atoms in total. The van der Waals surface area contributed by atoms with Crippen molar-refractivity contribution in [1.29, 1.82) is 0 Å². The third kappa shape index (κ3) is 6.23. The zero-order chi connectivity index (χ0) is 21.3. The molecular weight excluding hydrogens is 398 g/mol. The molecule has 0 spiro atoms. The summed E-state index contributed by atoms with van der Waals surface area (Å²) in [5.74, 6) is 0.972. The van der Waals surface area contributed by atoms with Crippen molar-refractivity contribution in [3.8, 4) is 0 Å². The molecule has 30 heavy (non-hydrogen) atoms. The van der Waals surface area contributed by atoms with Crippen LogP contribution in [0.2, 0.25) is 0 Å². The van der Waals surface area contributed by atoms with Crippen LogP contribution in [-0.4, -0.2) is 52.8 Å². The first kappa shape index (κ1) is 21.7. The largest absolute Gasteiger partial charge is 0.383 e. The van der Waals surface area contributed by atoms with Gasteiger partial charge >= 0.3 is 0 Å². The van der Waals surface area contributed by atoms with Gasteiger partial charge in [0.05, 0.1) is 6.61 Å². The van der Waals surface area contributed by atoms with Gasteiger partial charge < -0.3 is 20.4 Å². The molecule has 4 N–H and O–H groups in total. The molecule has 0 saturated carbocycles. The predicted octanol–water partition coefficient (Wildman–Crippen LogP) is 2.70. The summed E-state index contributed by atoms with van der Waals surface area (Å²) in [6.07, 6.45) is 2.82. The van der Waals surface area contributed by atoms with Crippen molar-refractivity contribution >= 4 is 40.1 Å². The molecule has 3 rings (SSSR count). The van der Waals surface area contributed by atoms with Crippen LogP contribution in [0.4, 0.5) is 5.95 Å². The molecule has 0 aliphatic rings. The van der Waals surface area contributed by atoms with Crippen LogP contribution in [0.15, 0.2) is 41.5 Å². The number of aryl methyl sites for hydroxylation is 2. The Labute approximate surface area is 181 Å². The van der Waals surface area contributed by atoms with Crippen LogP contribution in [0.5, 0.6) is 0 Å². The number of aromatic amines is 1. The number of guanidine groups is 1. The number of rotatable bonds is 7. The molecule has 158 valence electrons. The van der Waals surface area contributed by atoms with Crippen LogP contribution in [-0.2, 0) is 11.2 Å². The summed E-state index contributed by atoms with van der Waals surface area (Å²) in [5.41, 5.74) is 4.10. The normalized spacial score (nSPS) is 11.5. The van der Waals surface area contributed by atoms with Crippen molar-refractivity contribution in [2.24, 2.45) is 4.99 Å². The number of methoxy groups -OCH3 is 1. The van der Waals surface area contributed by atoms with Crippen molar-refractivity contribution in [3.05, 3.63) is 53.5 Å². The lowest BCUT2D eigenvalue weighted by Crippen LogP contribution is -2.43. The number of H-pyrrole nitrogens is 1. The van der Waals surface area contributed by atoms with E-state index in [9.17, 15) is 0 Å². The molecule has 0 amide bonds. The van der Waals surface area contributed by atoms with E-state index in [0.717, 1.165) is 23.3 Å². The fourth-order valence-corrected chi connectivity index (χ4v) is 3.24. The summed E-state index contributed by atoms with van der Waals surface area (Å²) in [4.78, 5) is 16.8. The van der Waals surface area contributed by atoms with E-state index in [-0.39, 0.29) is 0 Å². The molecule has 0 radical (unpaired) electrons. The van der Waals surface area contributed by atoms with Gasteiger partial charge in [-0.1, -0.05) is 18.2 Å². The van der Waals surface area contributed by atoms with Crippen LogP contribution < -0.4 is 16.0 Å². The molecule has 0 saturated heterocycles. The Morgan fingerprint density at radius 3 is 2.73 bits per heavy atom. The lowest BCUT2D eigenvalue weighted by atomic mass is 10.1. The van der Waals surface area contributed by atoms with Crippen LogP contribution in [0.1, 0.15) is 17.0 Å². The van der Waals surface area contributed by atoms with Gasteiger partial charge in [0.25, 0.3) is 0 Å². The minimum Gasteiger partial charge on any atom is -0.383 e. The third-order valence-corrected chi connectivity index (χ3v) is 4.61. The van der Waals surface area contributed by atoms with Crippen LogP contribution >= 0.6 is 12.2 Å². The third-order valence-electron chi connectivity index (χ3n) is 4.36. The van der Waals surface area contributed by atoms with Gasteiger partial charge in [0.15, 0.2) is 5.11 Å². The number of nitrogens with one attached hydrogen (secondary N) is 4. The highest BCUT2D eigenvalue weighted by molar-refractivity contribution is 7.80. The number of thiocarbonyl (C=S) groups is 1. The van der Waals surface area contributed by atoms with Gasteiger partial charge in [-0.3, -0.25) is 10.3 Å². The summed E-state index contributed by atoms with van der Waals surface area (Å²) < 4.78 is 5.04. The Bertz CT molecular complexity index is 1010. The number of fused-ring (bicyclic) bond motifs is 1. The Morgan fingerprint density at radius 1 is 1.20 bits per heavy atom. The van der Waals surface area contributed by atoms with Gasteiger partial charge in [-0.2, -0.15) is 0 Å². The number of aromatic nitrogens is 3. The van der Waals surface area contributed by atoms with Crippen molar-refractivity contribution in [1.82, 2.24) is 25.6 Å². The van der Waals surface area contributed by atoms with Crippen molar-refractivity contribution in [2.75, 3.05) is 32.1 Å². The van der Waals surface area contributed by atoms with Gasteiger partial charge in [0, 0.05) is 48.7 Å². The van der Waals surface area contributed by atoms with E-state index in [1.807, 2.05) is 38.2 Å². The minimum absolute atomic E-state index is 0.453. The van der Waals surface area contributed by atoms with Gasteiger partial charge in [-0.05, 0) is 50.2 Å². The second-order valence-corrected chi connectivity index (χ2v) is 7.22. The SMILES string of the molecule is COCCNC(=S)NC(=NCCc1c[nH]c2ccccc12)Nc1nc(C)cc(C)n1. The van der Waals surface area contributed by atoms with Gasteiger partial charge in [-0.15, -0.1) is 0 Å². The van der Waals surface area contributed by atoms with Crippen molar-refractivity contribution < 1.29 is 4.74 Å². The van der Waals surface area contributed by atoms with Gasteiger partial charge in [0.1, 0.15) is 0 Å². The molecule has 0 unspecified atom stereocenters. The highest BCUT2D eigenvalue weighted by Gasteiger charge is 2.08. The first-order chi connectivity index (χ1) is 14.5. The van der Waals surface area contributed by atoms with E-state index in [2.05, 4.69) is 48.0 Å². The number of benzene rings is 1. The van der Waals surface area contributed by atoms with Crippen LogP contribution in [0.3, 0.4) is 0 Å². The highest BCUT2D eigenvalue weighted by atomic mass is 32.1. The Kier molecular flexibility index (Phi) is 7.69. The molecule has 0 bridgehead atoms. The first-order valence-corrected chi connectivity index (χ1v) is 10.2. The standard InChI is InChI=1S/C21H27N7OS/c1-14-12-15(2)26-20(25-14)27-19(28-21(30)23-10-11-29-3)22-9-8-16-13-24-18-7-5-4-6-17(16)18/h4-7,12-13,24H,8-11H2,1-3H3,(H3,22,23,25,26,27,28,30). The average molecular weight is 426 g/mol. The zero-order valence-electron chi connectivity index (χ0n) is 17.5. The molecule has 0 aliphatic heterocycles. The fourth-order valence-electron chi connectivity index (χ4n) is 3.04. The summed E-state index contributed by atoms with van der Waals surface area (Å²) in [6, 6.07) is 10.2. The number of para-hydroxylation sites is 1. The van der Waals surface area contributed by atoms with Crippen LogP contribution in [0, 0.1) is 13.8 Å². The Hall–Kier alpha value is -3.04. The number of ether oxygens (including phenoxy) is 1.